The minimum atomic E-state index is 0.119. The number of hydrogen-bond donors (Lipinski definition) is 1. The zero-order chi connectivity index (χ0) is 23.8. The molecule has 0 bridgehead atoms. The van der Waals surface area contributed by atoms with Crippen LogP contribution in [0.2, 0.25) is 5.02 Å². The van der Waals surface area contributed by atoms with Gasteiger partial charge in [-0.3, -0.25) is 0 Å². The fourth-order valence-electron chi connectivity index (χ4n) is 4.18. The second-order valence-corrected chi connectivity index (χ2v) is 8.66. The Morgan fingerprint density at radius 2 is 1.85 bits per heavy atom. The highest BCUT2D eigenvalue weighted by Crippen LogP contribution is 2.33. The lowest BCUT2D eigenvalue weighted by atomic mass is 10.0. The van der Waals surface area contributed by atoms with Crippen molar-refractivity contribution in [1.29, 1.82) is 0 Å². The molecule has 0 spiro atoms. The summed E-state index contributed by atoms with van der Waals surface area (Å²) >= 11 is 6.08. The first kappa shape index (κ1) is 22.0. The number of nitrogens with zero attached hydrogens (tertiary/aromatic N) is 5. The fraction of sp³-hybridized carbons (Fsp3) is 0.192. The molecule has 2 aromatic heterocycles. The molecule has 2 heterocycles. The Balaban J connectivity index is 1.50. The van der Waals surface area contributed by atoms with E-state index in [1.807, 2.05) is 49.4 Å². The number of benzene rings is 3. The molecule has 34 heavy (non-hydrogen) atoms. The predicted octanol–water partition coefficient (Wildman–Crippen LogP) is 6.02. The van der Waals surface area contributed by atoms with E-state index in [1.54, 1.807) is 18.1 Å². The van der Waals surface area contributed by atoms with E-state index in [0.29, 0.717) is 11.6 Å². The number of hydrogen-bond acceptors (Lipinski definition) is 5. The summed E-state index contributed by atoms with van der Waals surface area (Å²) < 4.78 is 9.49. The minimum absolute atomic E-state index is 0.119. The topological polar surface area (TPSA) is 69.8 Å². The van der Waals surface area contributed by atoms with Gasteiger partial charge in [0, 0.05) is 29.7 Å². The number of aryl methyl sites for hydroxylation is 2. The summed E-state index contributed by atoms with van der Waals surface area (Å²) in [7, 11) is 3.70. The number of methoxy groups -OCH3 is 1. The average molecular weight is 473 g/mol. The van der Waals surface area contributed by atoms with Crippen LogP contribution < -0.4 is 10.1 Å². The van der Waals surface area contributed by atoms with Gasteiger partial charge in [-0.2, -0.15) is 5.10 Å². The number of fused-ring (bicyclic) bond motifs is 1. The summed E-state index contributed by atoms with van der Waals surface area (Å²) in [5.74, 6) is 2.50. The third kappa shape index (κ3) is 3.99. The van der Waals surface area contributed by atoms with Crippen LogP contribution in [0.4, 0.5) is 11.4 Å². The number of ether oxygens (including phenoxy) is 1. The largest absolute Gasteiger partial charge is 0.494 e. The molecule has 0 amide bonds. The van der Waals surface area contributed by atoms with Crippen LogP contribution in [0.5, 0.6) is 5.75 Å². The fourth-order valence-corrected chi connectivity index (χ4v) is 4.31. The van der Waals surface area contributed by atoms with E-state index in [0.717, 1.165) is 38.9 Å². The highest BCUT2D eigenvalue weighted by molar-refractivity contribution is 6.30. The molecule has 172 valence electrons. The lowest BCUT2D eigenvalue weighted by Crippen LogP contribution is -2.04. The molecule has 0 radical (unpaired) electrons. The highest BCUT2D eigenvalue weighted by atomic mass is 35.5. The molecule has 1 N–H and O–H groups in total. The van der Waals surface area contributed by atoms with Gasteiger partial charge in [-0.1, -0.05) is 36.7 Å². The molecule has 5 aromatic rings. The van der Waals surface area contributed by atoms with Crippen molar-refractivity contribution < 1.29 is 4.74 Å². The standard InChI is InChI=1S/C26H25ClN6O/c1-16(18-8-10-19(27)11-9-18)26-30-25-21(6-5-7-23(25)32(26)3)29-20-12-13-22(24(14-20)34-4)33-15-28-17(2)31-33/h5-16,29H,1-4H3. The zero-order valence-corrected chi connectivity index (χ0v) is 20.2. The van der Waals surface area contributed by atoms with E-state index in [9.17, 15) is 0 Å². The van der Waals surface area contributed by atoms with Crippen LogP contribution in [0.25, 0.3) is 16.7 Å². The van der Waals surface area contributed by atoms with Gasteiger partial charge in [-0.05, 0) is 48.9 Å². The first-order valence-electron chi connectivity index (χ1n) is 11.0. The van der Waals surface area contributed by atoms with E-state index in [1.165, 1.54) is 5.56 Å². The third-order valence-electron chi connectivity index (χ3n) is 6.02. The minimum Gasteiger partial charge on any atom is -0.494 e. The van der Waals surface area contributed by atoms with Crippen molar-refractivity contribution in [3.63, 3.8) is 0 Å². The van der Waals surface area contributed by atoms with Crippen molar-refractivity contribution in [3.8, 4) is 11.4 Å². The van der Waals surface area contributed by atoms with Crippen LogP contribution in [0.1, 0.15) is 30.1 Å². The monoisotopic (exact) mass is 472 g/mol. The second-order valence-electron chi connectivity index (χ2n) is 8.22. The van der Waals surface area contributed by atoms with E-state index in [4.69, 9.17) is 21.3 Å². The van der Waals surface area contributed by atoms with E-state index in [2.05, 4.69) is 52.1 Å². The van der Waals surface area contributed by atoms with Gasteiger partial charge in [0.25, 0.3) is 0 Å². The average Bonchev–Trinajstić information content (AvgIpc) is 3.43. The highest BCUT2D eigenvalue weighted by Gasteiger charge is 2.18. The predicted molar refractivity (Wildman–Crippen MR) is 136 cm³/mol. The van der Waals surface area contributed by atoms with Gasteiger partial charge in [0.1, 0.15) is 34.9 Å². The summed E-state index contributed by atoms with van der Waals surface area (Å²) in [6.45, 7) is 4.02. The number of rotatable bonds is 6. The molecule has 1 unspecified atom stereocenters. The molecule has 1 atom stereocenters. The number of para-hydroxylation sites is 1. The van der Waals surface area contributed by atoms with Crippen LogP contribution in [-0.2, 0) is 7.05 Å². The molecule has 7 nitrogen and oxygen atoms in total. The van der Waals surface area contributed by atoms with Crippen molar-refractivity contribution in [1.82, 2.24) is 24.3 Å². The molecule has 0 aliphatic rings. The Labute approximate surface area is 203 Å². The second kappa shape index (κ2) is 8.83. The molecule has 8 heteroatoms. The summed E-state index contributed by atoms with van der Waals surface area (Å²) in [6.07, 6.45) is 1.68. The Hall–Kier alpha value is -3.84. The van der Waals surface area contributed by atoms with Crippen molar-refractivity contribution >= 4 is 34.0 Å². The summed E-state index contributed by atoms with van der Waals surface area (Å²) in [6, 6.07) is 20.0. The van der Waals surface area contributed by atoms with Gasteiger partial charge < -0.3 is 14.6 Å². The first-order valence-corrected chi connectivity index (χ1v) is 11.4. The van der Waals surface area contributed by atoms with Crippen molar-refractivity contribution in [3.05, 3.63) is 89.2 Å². The zero-order valence-electron chi connectivity index (χ0n) is 19.5. The molecule has 0 aliphatic carbocycles. The third-order valence-corrected chi connectivity index (χ3v) is 6.27. The van der Waals surface area contributed by atoms with Gasteiger partial charge in [-0.25, -0.2) is 14.6 Å². The molecule has 0 aliphatic heterocycles. The summed E-state index contributed by atoms with van der Waals surface area (Å²) in [5.41, 5.74) is 5.78. The summed E-state index contributed by atoms with van der Waals surface area (Å²) in [4.78, 5) is 9.24. The normalized spacial score (nSPS) is 12.1. The maximum absolute atomic E-state index is 6.08. The maximum Gasteiger partial charge on any atom is 0.147 e. The number of nitrogens with one attached hydrogen (secondary N) is 1. The van der Waals surface area contributed by atoms with Gasteiger partial charge in [-0.15, -0.1) is 0 Å². The van der Waals surface area contributed by atoms with Gasteiger partial charge in [0.2, 0.25) is 0 Å². The quantitative estimate of drug-likeness (QED) is 0.327. The van der Waals surface area contributed by atoms with Crippen molar-refractivity contribution in [2.24, 2.45) is 7.05 Å². The van der Waals surface area contributed by atoms with Gasteiger partial charge >= 0.3 is 0 Å². The lowest BCUT2D eigenvalue weighted by molar-refractivity contribution is 0.412. The van der Waals surface area contributed by atoms with Gasteiger partial charge in [0.05, 0.1) is 18.3 Å². The molecule has 3 aromatic carbocycles. The maximum atomic E-state index is 6.08. The van der Waals surface area contributed by atoms with Crippen LogP contribution >= 0.6 is 11.6 Å². The Kier molecular flexibility index (Phi) is 5.71. The molecule has 0 saturated heterocycles. The van der Waals surface area contributed by atoms with E-state index in [-0.39, 0.29) is 5.92 Å². The van der Waals surface area contributed by atoms with Crippen LogP contribution in [0, 0.1) is 6.92 Å². The number of imidazole rings is 1. The smallest absolute Gasteiger partial charge is 0.147 e. The molecular formula is C26H25ClN6O. The molecular weight excluding hydrogens is 448 g/mol. The molecule has 5 rings (SSSR count). The van der Waals surface area contributed by atoms with Crippen molar-refractivity contribution in [2.45, 2.75) is 19.8 Å². The van der Waals surface area contributed by atoms with Crippen LogP contribution in [-0.4, -0.2) is 31.4 Å². The van der Waals surface area contributed by atoms with Crippen molar-refractivity contribution in [2.75, 3.05) is 12.4 Å². The molecule has 0 saturated carbocycles. The molecule has 0 fully saturated rings. The van der Waals surface area contributed by atoms with Crippen LogP contribution in [0.3, 0.4) is 0 Å². The van der Waals surface area contributed by atoms with Crippen LogP contribution in [0.15, 0.2) is 67.0 Å². The number of halogens is 1. The Bertz CT molecular complexity index is 1470. The lowest BCUT2D eigenvalue weighted by Gasteiger charge is -2.12. The Morgan fingerprint density at radius 1 is 1.06 bits per heavy atom. The Morgan fingerprint density at radius 3 is 2.56 bits per heavy atom. The van der Waals surface area contributed by atoms with E-state index < -0.39 is 0 Å². The summed E-state index contributed by atoms with van der Waals surface area (Å²) in [5, 5.41) is 8.63. The number of aromatic nitrogens is 5. The number of anilines is 2. The van der Waals surface area contributed by atoms with Gasteiger partial charge in [0.15, 0.2) is 0 Å². The SMILES string of the molecule is COc1cc(Nc2cccc3c2nc(C(C)c2ccc(Cl)cc2)n3C)ccc1-n1cnc(C)n1. The first-order chi connectivity index (χ1) is 16.4. The van der Waals surface area contributed by atoms with E-state index >= 15 is 0 Å².